The van der Waals surface area contributed by atoms with Crippen LogP contribution in [0.4, 0.5) is 15.8 Å². The average molecular weight is 462 g/mol. The quantitative estimate of drug-likeness (QED) is 0.519. The van der Waals surface area contributed by atoms with Crippen molar-refractivity contribution in [3.8, 4) is 17.2 Å². The molecule has 0 saturated carbocycles. The Hall–Kier alpha value is -4.33. The lowest BCUT2D eigenvalue weighted by atomic mass is 10.0. The molecule has 0 unspecified atom stereocenters. The van der Waals surface area contributed by atoms with Gasteiger partial charge in [0.1, 0.15) is 17.3 Å². The van der Waals surface area contributed by atoms with Crippen LogP contribution in [0.2, 0.25) is 0 Å². The van der Waals surface area contributed by atoms with Crippen LogP contribution in [0.5, 0.6) is 17.2 Å². The van der Waals surface area contributed by atoms with Gasteiger partial charge in [0.05, 0.1) is 38.3 Å². The van der Waals surface area contributed by atoms with Gasteiger partial charge < -0.3 is 19.5 Å². The zero-order valence-electron chi connectivity index (χ0n) is 19.1. The van der Waals surface area contributed by atoms with Gasteiger partial charge in [-0.1, -0.05) is 18.2 Å². The van der Waals surface area contributed by atoms with Crippen molar-refractivity contribution in [2.45, 2.75) is 6.92 Å². The van der Waals surface area contributed by atoms with E-state index in [0.717, 1.165) is 16.5 Å². The number of nitrogens with one attached hydrogen (secondary N) is 1. The molecule has 2 amide bonds. The molecule has 1 N–H and O–H groups in total. The van der Waals surface area contributed by atoms with E-state index in [2.05, 4.69) is 5.32 Å². The van der Waals surface area contributed by atoms with Gasteiger partial charge in [0.2, 0.25) is 0 Å². The van der Waals surface area contributed by atoms with E-state index in [0.29, 0.717) is 28.5 Å². The van der Waals surface area contributed by atoms with Crippen molar-refractivity contribution < 1.29 is 28.2 Å². The number of methoxy groups -OCH3 is 3. The van der Waals surface area contributed by atoms with Crippen LogP contribution in [-0.2, 0) is 9.59 Å². The van der Waals surface area contributed by atoms with E-state index in [9.17, 15) is 14.0 Å². The third kappa shape index (κ3) is 4.05. The molecule has 0 fully saturated rings. The molecule has 34 heavy (non-hydrogen) atoms. The van der Waals surface area contributed by atoms with Crippen LogP contribution in [-0.4, -0.2) is 33.1 Å². The standard InChI is InChI=1S/C26H23FN2O5/c1-15-8-10-20(32-2)19(12-15)28-24-23(16-9-11-21(33-3)22(13-16)34-4)25(30)29(26(24)31)18-7-5-6-17(27)14-18/h5-14,28H,1-4H3. The molecule has 4 rings (SSSR count). The van der Waals surface area contributed by atoms with E-state index in [-0.39, 0.29) is 17.0 Å². The first-order chi connectivity index (χ1) is 16.4. The minimum atomic E-state index is -0.621. The van der Waals surface area contributed by atoms with E-state index in [1.54, 1.807) is 30.3 Å². The number of benzene rings is 3. The van der Waals surface area contributed by atoms with E-state index in [1.807, 2.05) is 13.0 Å². The van der Waals surface area contributed by atoms with Gasteiger partial charge in [-0.15, -0.1) is 0 Å². The molecule has 0 aliphatic carbocycles. The SMILES string of the molecule is COc1ccc(C)cc1NC1=C(c2ccc(OC)c(OC)c2)C(=O)N(c2cccc(F)c2)C1=O. The van der Waals surface area contributed by atoms with Crippen molar-refractivity contribution in [1.29, 1.82) is 0 Å². The Morgan fingerprint density at radius 1 is 0.794 bits per heavy atom. The molecule has 0 spiro atoms. The second-order valence-corrected chi connectivity index (χ2v) is 7.57. The van der Waals surface area contributed by atoms with Crippen LogP contribution in [0, 0.1) is 12.7 Å². The number of anilines is 2. The Balaban J connectivity index is 1.89. The number of hydrogen-bond donors (Lipinski definition) is 1. The highest BCUT2D eigenvalue weighted by molar-refractivity contribution is 6.46. The van der Waals surface area contributed by atoms with Crippen molar-refractivity contribution in [2.24, 2.45) is 0 Å². The molecule has 174 valence electrons. The topological polar surface area (TPSA) is 77.1 Å². The lowest BCUT2D eigenvalue weighted by molar-refractivity contribution is -0.120. The largest absolute Gasteiger partial charge is 0.495 e. The molecule has 1 heterocycles. The van der Waals surface area contributed by atoms with Gasteiger partial charge in [-0.2, -0.15) is 0 Å². The van der Waals surface area contributed by atoms with E-state index < -0.39 is 17.6 Å². The maximum absolute atomic E-state index is 13.9. The van der Waals surface area contributed by atoms with Gasteiger partial charge in [-0.25, -0.2) is 9.29 Å². The number of halogens is 1. The van der Waals surface area contributed by atoms with Gasteiger partial charge in [-0.3, -0.25) is 9.59 Å². The van der Waals surface area contributed by atoms with Gasteiger partial charge in [-0.05, 0) is 60.5 Å². The van der Waals surface area contributed by atoms with Crippen molar-refractivity contribution in [3.05, 3.63) is 83.3 Å². The number of carbonyl (C=O) groups excluding carboxylic acids is 2. The molecule has 1 aliphatic rings. The van der Waals surface area contributed by atoms with E-state index in [4.69, 9.17) is 14.2 Å². The predicted molar refractivity (Wildman–Crippen MR) is 127 cm³/mol. The van der Waals surface area contributed by atoms with Gasteiger partial charge in [0, 0.05) is 0 Å². The molecule has 7 nitrogen and oxygen atoms in total. The predicted octanol–water partition coefficient (Wildman–Crippen LogP) is 4.56. The smallest absolute Gasteiger partial charge is 0.282 e. The summed E-state index contributed by atoms with van der Waals surface area (Å²) >= 11 is 0. The van der Waals surface area contributed by atoms with Gasteiger partial charge in [0.25, 0.3) is 11.8 Å². The Morgan fingerprint density at radius 3 is 2.18 bits per heavy atom. The zero-order chi connectivity index (χ0) is 24.4. The lowest BCUT2D eigenvalue weighted by Gasteiger charge is -2.16. The van der Waals surface area contributed by atoms with E-state index >= 15 is 0 Å². The number of nitrogens with zero attached hydrogens (tertiary/aromatic N) is 1. The van der Waals surface area contributed by atoms with Crippen LogP contribution in [0.1, 0.15) is 11.1 Å². The Labute approximate surface area is 196 Å². The maximum atomic E-state index is 13.9. The number of amides is 2. The first-order valence-corrected chi connectivity index (χ1v) is 10.4. The fraction of sp³-hybridized carbons (Fsp3) is 0.154. The van der Waals surface area contributed by atoms with Crippen molar-refractivity contribution in [2.75, 3.05) is 31.5 Å². The van der Waals surface area contributed by atoms with Crippen LogP contribution in [0.3, 0.4) is 0 Å². The molecule has 1 aliphatic heterocycles. The van der Waals surface area contributed by atoms with Gasteiger partial charge in [0.15, 0.2) is 11.5 Å². The number of aryl methyl sites for hydroxylation is 1. The zero-order valence-corrected chi connectivity index (χ0v) is 19.1. The summed E-state index contributed by atoms with van der Waals surface area (Å²) in [5.74, 6) is -0.424. The second kappa shape index (κ2) is 9.27. The summed E-state index contributed by atoms with van der Waals surface area (Å²) in [5, 5.41) is 3.09. The van der Waals surface area contributed by atoms with Gasteiger partial charge >= 0.3 is 0 Å². The first-order valence-electron chi connectivity index (χ1n) is 10.4. The van der Waals surface area contributed by atoms with Crippen molar-refractivity contribution in [1.82, 2.24) is 0 Å². The minimum absolute atomic E-state index is 0.0328. The summed E-state index contributed by atoms with van der Waals surface area (Å²) in [6.45, 7) is 1.90. The summed E-state index contributed by atoms with van der Waals surface area (Å²) in [6, 6.07) is 15.7. The molecular formula is C26H23FN2O5. The number of hydrogen-bond acceptors (Lipinski definition) is 6. The molecule has 0 atom stereocenters. The summed E-state index contributed by atoms with van der Waals surface area (Å²) < 4.78 is 30.0. The monoisotopic (exact) mass is 462 g/mol. The molecular weight excluding hydrogens is 439 g/mol. The number of carbonyl (C=O) groups is 2. The Morgan fingerprint density at radius 2 is 1.50 bits per heavy atom. The fourth-order valence-corrected chi connectivity index (χ4v) is 3.81. The minimum Gasteiger partial charge on any atom is -0.495 e. The highest BCUT2D eigenvalue weighted by Gasteiger charge is 2.41. The molecule has 0 bridgehead atoms. The molecule has 3 aromatic rings. The van der Waals surface area contributed by atoms with E-state index in [1.165, 1.54) is 39.5 Å². The average Bonchev–Trinajstić information content (AvgIpc) is 3.07. The summed E-state index contributed by atoms with van der Waals surface area (Å²) in [5.41, 5.74) is 2.14. The van der Waals surface area contributed by atoms with Crippen LogP contribution >= 0.6 is 0 Å². The normalized spacial score (nSPS) is 13.4. The molecule has 0 radical (unpaired) electrons. The summed E-state index contributed by atoms with van der Waals surface area (Å²) in [6.07, 6.45) is 0. The molecule has 8 heteroatoms. The molecule has 3 aromatic carbocycles. The first kappa shape index (κ1) is 22.8. The Kier molecular flexibility index (Phi) is 6.23. The summed E-state index contributed by atoms with van der Waals surface area (Å²) in [4.78, 5) is 28.1. The third-order valence-corrected chi connectivity index (χ3v) is 5.44. The van der Waals surface area contributed by atoms with Crippen molar-refractivity contribution in [3.63, 3.8) is 0 Å². The highest BCUT2D eigenvalue weighted by Crippen LogP contribution is 2.38. The third-order valence-electron chi connectivity index (χ3n) is 5.44. The van der Waals surface area contributed by atoms with Crippen LogP contribution < -0.4 is 24.4 Å². The van der Waals surface area contributed by atoms with Crippen LogP contribution in [0.25, 0.3) is 5.57 Å². The molecule has 0 saturated heterocycles. The molecule has 0 aromatic heterocycles. The fourth-order valence-electron chi connectivity index (χ4n) is 3.81. The summed E-state index contributed by atoms with van der Waals surface area (Å²) in [7, 11) is 4.50. The highest BCUT2D eigenvalue weighted by atomic mass is 19.1. The van der Waals surface area contributed by atoms with Crippen molar-refractivity contribution >= 4 is 28.8 Å². The second-order valence-electron chi connectivity index (χ2n) is 7.57. The Bertz CT molecular complexity index is 1320. The number of rotatable bonds is 7. The lowest BCUT2D eigenvalue weighted by Crippen LogP contribution is -2.32. The maximum Gasteiger partial charge on any atom is 0.282 e. The number of imide groups is 1. The number of ether oxygens (including phenoxy) is 3. The van der Waals surface area contributed by atoms with Crippen LogP contribution in [0.15, 0.2) is 66.4 Å².